The molecule has 1 unspecified atom stereocenters. The Kier molecular flexibility index (Phi) is 4.72. The normalized spacial score (nSPS) is 12.6. The van der Waals surface area contributed by atoms with Crippen LogP contribution >= 0.6 is 11.3 Å². The first-order valence-corrected chi connectivity index (χ1v) is 7.55. The predicted octanol–water partition coefficient (Wildman–Crippen LogP) is 4.59. The van der Waals surface area contributed by atoms with Gasteiger partial charge in [-0.05, 0) is 49.4 Å². The highest BCUT2D eigenvalue weighted by Gasteiger charge is 2.20. The smallest absolute Gasteiger partial charge is 0.131 e. The van der Waals surface area contributed by atoms with Crippen LogP contribution in [0.2, 0.25) is 0 Å². The fraction of sp³-hybridized carbons (Fsp3) is 0.375. The minimum Gasteiger partial charge on any atom is -0.306 e. The van der Waals surface area contributed by atoms with Crippen molar-refractivity contribution in [3.8, 4) is 0 Å². The van der Waals surface area contributed by atoms with Gasteiger partial charge in [-0.25, -0.2) is 4.39 Å². The lowest BCUT2D eigenvalue weighted by Crippen LogP contribution is -2.24. The summed E-state index contributed by atoms with van der Waals surface area (Å²) < 4.78 is 14.4. The molecule has 0 radical (unpaired) electrons. The summed E-state index contributed by atoms with van der Waals surface area (Å²) in [6.07, 6.45) is 1.04. The number of benzene rings is 1. The van der Waals surface area contributed by atoms with Crippen LogP contribution in [0.3, 0.4) is 0 Å². The molecule has 1 nitrogen and oxygen atoms in total. The Morgan fingerprint density at radius 3 is 2.63 bits per heavy atom. The van der Waals surface area contributed by atoms with Crippen LogP contribution in [0.4, 0.5) is 4.39 Å². The van der Waals surface area contributed by atoms with E-state index in [1.807, 2.05) is 25.1 Å². The molecule has 1 aromatic carbocycles. The minimum atomic E-state index is -0.0936. The van der Waals surface area contributed by atoms with Crippen LogP contribution < -0.4 is 5.32 Å². The Morgan fingerprint density at radius 2 is 2.00 bits per heavy atom. The molecule has 0 saturated carbocycles. The maximum absolute atomic E-state index is 14.4. The zero-order valence-electron chi connectivity index (χ0n) is 11.7. The highest BCUT2D eigenvalue weighted by Crippen LogP contribution is 2.31. The Hall–Kier alpha value is -1.19. The summed E-state index contributed by atoms with van der Waals surface area (Å²) >= 11 is 1.69. The van der Waals surface area contributed by atoms with E-state index in [4.69, 9.17) is 0 Å². The number of hydrogen-bond donors (Lipinski definition) is 1. The molecule has 2 rings (SSSR count). The Balaban J connectivity index is 2.43. The second-order valence-corrected chi connectivity index (χ2v) is 5.78. The predicted molar refractivity (Wildman–Crippen MR) is 80.3 cm³/mol. The quantitative estimate of drug-likeness (QED) is 0.842. The van der Waals surface area contributed by atoms with Crippen molar-refractivity contribution in [2.45, 2.75) is 33.2 Å². The molecule has 1 aromatic heterocycles. The highest BCUT2D eigenvalue weighted by molar-refractivity contribution is 7.10. The summed E-state index contributed by atoms with van der Waals surface area (Å²) in [6, 6.07) is 7.68. The second kappa shape index (κ2) is 6.31. The number of halogens is 1. The van der Waals surface area contributed by atoms with Crippen molar-refractivity contribution in [1.29, 1.82) is 0 Å². The van der Waals surface area contributed by atoms with Crippen LogP contribution in [0.1, 0.15) is 41.0 Å². The van der Waals surface area contributed by atoms with Gasteiger partial charge in [0.25, 0.3) is 0 Å². The molecule has 19 heavy (non-hydrogen) atoms. The van der Waals surface area contributed by atoms with E-state index in [9.17, 15) is 4.39 Å². The largest absolute Gasteiger partial charge is 0.306 e. The summed E-state index contributed by atoms with van der Waals surface area (Å²) in [4.78, 5) is 1.21. The van der Waals surface area contributed by atoms with E-state index in [1.165, 1.54) is 10.4 Å². The number of rotatable bonds is 5. The van der Waals surface area contributed by atoms with Gasteiger partial charge in [0.1, 0.15) is 5.82 Å². The van der Waals surface area contributed by atoms with E-state index in [0.717, 1.165) is 18.5 Å². The Morgan fingerprint density at radius 1 is 1.21 bits per heavy atom. The summed E-state index contributed by atoms with van der Waals surface area (Å²) in [5.41, 5.74) is 2.67. The fourth-order valence-corrected chi connectivity index (χ4v) is 3.22. The van der Waals surface area contributed by atoms with Gasteiger partial charge in [-0.3, -0.25) is 0 Å². The number of hydrogen-bond acceptors (Lipinski definition) is 2. The zero-order valence-corrected chi connectivity index (χ0v) is 12.5. The average molecular weight is 277 g/mol. The summed E-state index contributed by atoms with van der Waals surface area (Å²) in [5.74, 6) is -0.0936. The summed E-state index contributed by atoms with van der Waals surface area (Å²) in [5, 5.41) is 5.54. The molecule has 1 N–H and O–H groups in total. The van der Waals surface area contributed by atoms with Crippen LogP contribution in [0.15, 0.2) is 29.6 Å². The molecular weight excluding hydrogens is 257 g/mol. The van der Waals surface area contributed by atoms with Crippen molar-refractivity contribution in [2.24, 2.45) is 0 Å². The van der Waals surface area contributed by atoms with Crippen molar-refractivity contribution < 1.29 is 4.39 Å². The fourth-order valence-electron chi connectivity index (χ4n) is 2.21. The first-order valence-electron chi connectivity index (χ1n) is 6.67. The molecule has 0 aliphatic heterocycles. The number of nitrogens with one attached hydrogen (secondary N) is 1. The standard InChI is InChI=1S/C16H20FNS/c1-4-9-18-15(16-12(3)8-10-19-16)13-7-5-6-11(2)14(13)17/h5-8,10,15,18H,4,9H2,1-3H3. The van der Waals surface area contributed by atoms with Gasteiger partial charge in [0.15, 0.2) is 0 Å². The van der Waals surface area contributed by atoms with Crippen molar-refractivity contribution in [1.82, 2.24) is 5.32 Å². The molecule has 0 spiro atoms. The van der Waals surface area contributed by atoms with Crippen molar-refractivity contribution in [3.63, 3.8) is 0 Å². The molecular formula is C16H20FNS. The Bertz CT molecular complexity index is 547. The minimum absolute atomic E-state index is 0.0418. The molecule has 0 bridgehead atoms. The number of thiophene rings is 1. The van der Waals surface area contributed by atoms with E-state index < -0.39 is 0 Å². The molecule has 2 aromatic rings. The van der Waals surface area contributed by atoms with Gasteiger partial charge < -0.3 is 5.32 Å². The first-order chi connectivity index (χ1) is 9.15. The van der Waals surface area contributed by atoms with E-state index in [-0.39, 0.29) is 11.9 Å². The van der Waals surface area contributed by atoms with E-state index >= 15 is 0 Å². The van der Waals surface area contributed by atoms with Gasteiger partial charge in [-0.15, -0.1) is 11.3 Å². The zero-order chi connectivity index (χ0) is 13.8. The third kappa shape index (κ3) is 3.04. The average Bonchev–Trinajstić information content (AvgIpc) is 2.81. The van der Waals surface area contributed by atoms with Crippen LogP contribution in [-0.4, -0.2) is 6.54 Å². The van der Waals surface area contributed by atoms with Gasteiger partial charge in [-0.2, -0.15) is 0 Å². The van der Waals surface area contributed by atoms with E-state index in [1.54, 1.807) is 11.3 Å². The molecule has 0 aliphatic carbocycles. The lowest BCUT2D eigenvalue weighted by Gasteiger charge is -2.20. The molecule has 0 amide bonds. The molecule has 1 heterocycles. The van der Waals surface area contributed by atoms with Crippen molar-refractivity contribution >= 4 is 11.3 Å². The molecule has 0 fully saturated rings. The van der Waals surface area contributed by atoms with Gasteiger partial charge in [0.05, 0.1) is 6.04 Å². The van der Waals surface area contributed by atoms with Gasteiger partial charge >= 0.3 is 0 Å². The summed E-state index contributed by atoms with van der Waals surface area (Å²) in [6.45, 7) is 6.91. The van der Waals surface area contributed by atoms with Crippen LogP contribution in [0, 0.1) is 19.7 Å². The second-order valence-electron chi connectivity index (χ2n) is 4.83. The number of aryl methyl sites for hydroxylation is 2. The monoisotopic (exact) mass is 277 g/mol. The molecule has 102 valence electrons. The van der Waals surface area contributed by atoms with Gasteiger partial charge in [0.2, 0.25) is 0 Å². The van der Waals surface area contributed by atoms with Crippen molar-refractivity contribution in [2.75, 3.05) is 6.54 Å². The molecule has 3 heteroatoms. The maximum Gasteiger partial charge on any atom is 0.131 e. The third-order valence-corrected chi connectivity index (χ3v) is 4.38. The van der Waals surface area contributed by atoms with E-state index in [2.05, 4.69) is 30.6 Å². The third-order valence-electron chi connectivity index (χ3n) is 3.30. The first kappa shape index (κ1) is 14.2. The van der Waals surface area contributed by atoms with Crippen LogP contribution in [0.25, 0.3) is 0 Å². The molecule has 1 atom stereocenters. The maximum atomic E-state index is 14.4. The van der Waals surface area contributed by atoms with Crippen LogP contribution in [0.5, 0.6) is 0 Å². The lowest BCUT2D eigenvalue weighted by atomic mass is 10.00. The molecule has 0 aliphatic rings. The SMILES string of the molecule is CCCNC(c1cccc(C)c1F)c1sccc1C. The van der Waals surface area contributed by atoms with Gasteiger partial charge in [-0.1, -0.05) is 25.1 Å². The van der Waals surface area contributed by atoms with Gasteiger partial charge in [0, 0.05) is 10.4 Å². The van der Waals surface area contributed by atoms with Crippen molar-refractivity contribution in [3.05, 3.63) is 57.0 Å². The summed E-state index contributed by atoms with van der Waals surface area (Å²) in [7, 11) is 0. The lowest BCUT2D eigenvalue weighted by molar-refractivity contribution is 0.545. The highest BCUT2D eigenvalue weighted by atomic mass is 32.1. The Labute approximate surface area is 118 Å². The molecule has 0 saturated heterocycles. The topological polar surface area (TPSA) is 12.0 Å². The van der Waals surface area contributed by atoms with E-state index in [0.29, 0.717) is 5.56 Å². The van der Waals surface area contributed by atoms with Crippen LogP contribution in [-0.2, 0) is 0 Å².